The summed E-state index contributed by atoms with van der Waals surface area (Å²) in [6.07, 6.45) is 4.28. The Hall–Kier alpha value is -0.0900. The van der Waals surface area contributed by atoms with Crippen LogP contribution in [0.25, 0.3) is 0 Å². The number of nitrogens with one attached hydrogen (secondary N) is 1. The molecule has 2 rings (SSSR count). The number of thioether (sulfide) groups is 2. The normalized spacial score (nSPS) is 21.6. The van der Waals surface area contributed by atoms with Gasteiger partial charge in [0.2, 0.25) is 0 Å². The molecule has 0 aromatic carbocycles. The Bertz CT molecular complexity index is 253. The van der Waals surface area contributed by atoms with Gasteiger partial charge in [0.15, 0.2) is 0 Å². The number of aromatic amines is 1. The van der Waals surface area contributed by atoms with Gasteiger partial charge >= 0.3 is 0 Å². The Labute approximate surface area is 87.3 Å². The summed E-state index contributed by atoms with van der Waals surface area (Å²) in [4.78, 5) is 0. The van der Waals surface area contributed by atoms with E-state index in [2.05, 4.69) is 46.7 Å². The molecule has 1 saturated heterocycles. The van der Waals surface area contributed by atoms with Crippen molar-refractivity contribution >= 4 is 23.5 Å². The van der Waals surface area contributed by atoms with Gasteiger partial charge < -0.3 is 0 Å². The van der Waals surface area contributed by atoms with Gasteiger partial charge in [-0.05, 0) is 30.9 Å². The standard InChI is InChI=1S/C9H14N2S2/c1-9(12-5-2-6-13-9)7-8-3-4-10-11-8/h3-4H,2,5-7H2,1H3,(H,10,11). The minimum absolute atomic E-state index is 0.366. The molecule has 13 heavy (non-hydrogen) atoms. The van der Waals surface area contributed by atoms with Gasteiger partial charge in [-0.25, -0.2) is 0 Å². The average molecular weight is 214 g/mol. The van der Waals surface area contributed by atoms with E-state index in [4.69, 9.17) is 0 Å². The van der Waals surface area contributed by atoms with Crippen LogP contribution in [0.1, 0.15) is 19.0 Å². The zero-order valence-electron chi connectivity index (χ0n) is 7.75. The van der Waals surface area contributed by atoms with Gasteiger partial charge in [0.05, 0.1) is 4.08 Å². The average Bonchev–Trinajstić information content (AvgIpc) is 2.57. The van der Waals surface area contributed by atoms with Gasteiger partial charge in [0, 0.05) is 18.3 Å². The number of aromatic nitrogens is 2. The molecule has 1 N–H and O–H groups in total. The third-order valence-corrected chi connectivity index (χ3v) is 5.38. The van der Waals surface area contributed by atoms with Crippen LogP contribution >= 0.6 is 23.5 Å². The molecule has 2 heterocycles. The predicted molar refractivity (Wildman–Crippen MR) is 60.2 cm³/mol. The lowest BCUT2D eigenvalue weighted by atomic mass is 10.2. The van der Waals surface area contributed by atoms with Gasteiger partial charge in [-0.15, -0.1) is 23.5 Å². The molecule has 2 nitrogen and oxygen atoms in total. The van der Waals surface area contributed by atoms with Crippen molar-refractivity contribution in [3.8, 4) is 0 Å². The Morgan fingerprint density at radius 2 is 2.31 bits per heavy atom. The second-order valence-corrected chi connectivity index (χ2v) is 6.90. The predicted octanol–water partition coefficient (Wildman–Crippen LogP) is 2.54. The van der Waals surface area contributed by atoms with E-state index in [9.17, 15) is 0 Å². The molecule has 0 atom stereocenters. The van der Waals surface area contributed by atoms with E-state index in [0.717, 1.165) is 6.42 Å². The van der Waals surface area contributed by atoms with Gasteiger partial charge in [-0.2, -0.15) is 5.10 Å². The minimum atomic E-state index is 0.366. The molecule has 1 aromatic rings. The molecule has 0 spiro atoms. The van der Waals surface area contributed by atoms with Crippen LogP contribution in [0.15, 0.2) is 12.3 Å². The van der Waals surface area contributed by atoms with Gasteiger partial charge in [0.1, 0.15) is 0 Å². The van der Waals surface area contributed by atoms with E-state index in [-0.39, 0.29) is 0 Å². The van der Waals surface area contributed by atoms with Crippen LogP contribution < -0.4 is 0 Å². The maximum atomic E-state index is 3.98. The molecular formula is C9H14N2S2. The molecule has 1 aliphatic rings. The summed E-state index contributed by atoms with van der Waals surface area (Å²) in [6.45, 7) is 2.34. The van der Waals surface area contributed by atoms with E-state index < -0.39 is 0 Å². The van der Waals surface area contributed by atoms with E-state index >= 15 is 0 Å². The third kappa shape index (κ3) is 2.44. The molecule has 0 saturated carbocycles. The second-order valence-electron chi connectivity index (χ2n) is 3.44. The number of H-pyrrole nitrogens is 1. The van der Waals surface area contributed by atoms with Crippen LogP contribution in [0.4, 0.5) is 0 Å². The summed E-state index contributed by atoms with van der Waals surface area (Å²) >= 11 is 4.16. The molecule has 0 unspecified atom stereocenters. The SMILES string of the molecule is CC1(Cc2ccn[nH]2)SCCCS1. The summed E-state index contributed by atoms with van der Waals surface area (Å²) < 4.78 is 0.366. The van der Waals surface area contributed by atoms with Gasteiger partial charge in [0.25, 0.3) is 0 Å². The van der Waals surface area contributed by atoms with Crippen LogP contribution in [0.2, 0.25) is 0 Å². The lowest BCUT2D eigenvalue weighted by Gasteiger charge is -2.31. The first kappa shape index (κ1) is 9.46. The number of hydrogen-bond donors (Lipinski definition) is 1. The molecule has 1 fully saturated rings. The summed E-state index contributed by atoms with van der Waals surface area (Å²) in [5, 5.41) is 7.01. The first-order valence-corrected chi connectivity index (χ1v) is 6.52. The molecular weight excluding hydrogens is 200 g/mol. The van der Waals surface area contributed by atoms with Crippen molar-refractivity contribution in [1.82, 2.24) is 10.2 Å². The quantitative estimate of drug-likeness (QED) is 0.820. The molecule has 0 aliphatic carbocycles. The fourth-order valence-corrected chi connectivity index (χ4v) is 4.48. The highest BCUT2D eigenvalue weighted by Gasteiger charge is 2.28. The smallest absolute Gasteiger partial charge is 0.0638 e. The molecule has 72 valence electrons. The van der Waals surface area contributed by atoms with Gasteiger partial charge in [-0.3, -0.25) is 5.10 Å². The summed E-state index contributed by atoms with van der Waals surface area (Å²) in [6, 6.07) is 2.07. The van der Waals surface area contributed by atoms with Crippen LogP contribution in [-0.2, 0) is 6.42 Å². The van der Waals surface area contributed by atoms with Crippen molar-refractivity contribution in [2.45, 2.75) is 23.8 Å². The van der Waals surface area contributed by atoms with Crippen molar-refractivity contribution in [3.63, 3.8) is 0 Å². The highest BCUT2D eigenvalue weighted by Crippen LogP contribution is 2.43. The summed E-state index contributed by atoms with van der Waals surface area (Å²) in [5.41, 5.74) is 1.25. The fourth-order valence-electron chi connectivity index (χ4n) is 1.51. The fraction of sp³-hybridized carbons (Fsp3) is 0.667. The van der Waals surface area contributed by atoms with E-state index in [1.807, 2.05) is 6.20 Å². The Morgan fingerprint density at radius 1 is 1.54 bits per heavy atom. The van der Waals surface area contributed by atoms with Crippen molar-refractivity contribution in [2.75, 3.05) is 11.5 Å². The first-order valence-electron chi connectivity index (χ1n) is 4.55. The van der Waals surface area contributed by atoms with Crippen molar-refractivity contribution in [1.29, 1.82) is 0 Å². The maximum Gasteiger partial charge on any atom is 0.0638 e. The monoisotopic (exact) mass is 214 g/mol. The van der Waals surface area contributed by atoms with Gasteiger partial charge in [-0.1, -0.05) is 0 Å². The molecule has 4 heteroatoms. The number of nitrogens with zero attached hydrogens (tertiary/aromatic N) is 1. The molecule has 1 aromatic heterocycles. The first-order chi connectivity index (χ1) is 6.29. The lowest BCUT2D eigenvalue weighted by Crippen LogP contribution is -2.23. The number of hydrogen-bond acceptors (Lipinski definition) is 3. The molecule has 0 bridgehead atoms. The van der Waals surface area contributed by atoms with E-state index in [1.165, 1.54) is 23.6 Å². The van der Waals surface area contributed by atoms with Crippen LogP contribution in [0.5, 0.6) is 0 Å². The minimum Gasteiger partial charge on any atom is -0.282 e. The zero-order valence-corrected chi connectivity index (χ0v) is 9.38. The maximum absolute atomic E-state index is 3.98. The second kappa shape index (κ2) is 3.96. The highest BCUT2D eigenvalue weighted by atomic mass is 32.2. The van der Waals surface area contributed by atoms with Crippen molar-refractivity contribution in [3.05, 3.63) is 18.0 Å². The molecule has 0 radical (unpaired) electrons. The summed E-state index contributed by atoms with van der Waals surface area (Å²) in [5.74, 6) is 2.61. The van der Waals surface area contributed by atoms with Crippen LogP contribution in [-0.4, -0.2) is 25.8 Å². The molecule has 1 aliphatic heterocycles. The summed E-state index contributed by atoms with van der Waals surface area (Å²) in [7, 11) is 0. The number of rotatable bonds is 2. The zero-order chi connectivity index (χ0) is 9.15. The van der Waals surface area contributed by atoms with E-state index in [0.29, 0.717) is 4.08 Å². The Kier molecular flexibility index (Phi) is 2.89. The Balaban J connectivity index is 1.99. The van der Waals surface area contributed by atoms with Crippen LogP contribution in [0, 0.1) is 0 Å². The van der Waals surface area contributed by atoms with Crippen molar-refractivity contribution < 1.29 is 0 Å². The van der Waals surface area contributed by atoms with E-state index in [1.54, 1.807) is 0 Å². The Morgan fingerprint density at radius 3 is 2.92 bits per heavy atom. The highest BCUT2D eigenvalue weighted by molar-refractivity contribution is 8.18. The lowest BCUT2D eigenvalue weighted by molar-refractivity contribution is 0.825. The molecule has 0 amide bonds. The van der Waals surface area contributed by atoms with Crippen molar-refractivity contribution in [2.24, 2.45) is 0 Å². The largest absolute Gasteiger partial charge is 0.282 e. The third-order valence-electron chi connectivity index (χ3n) is 2.17. The topological polar surface area (TPSA) is 28.7 Å². The van der Waals surface area contributed by atoms with Crippen LogP contribution in [0.3, 0.4) is 0 Å².